The van der Waals surface area contributed by atoms with E-state index in [-0.39, 0.29) is 41.3 Å². The monoisotopic (exact) mass is 788 g/mol. The minimum absolute atomic E-state index is 0. The molecule has 0 spiro atoms. The SMILES string of the molecule is CC(C)(C)c1ccc2c(c1)-c1nc-2nc2[n-]c(nc3nc(nc4[n-]c(n1)c1cc(C(C)(C)C)ccc41)-c1ccc(C(=O)O)cc1-3)c1cccc(C(C)(C)C)c21.[Zn+2]. The molecule has 2 aliphatic rings. The number of rotatable bonds is 1. The summed E-state index contributed by atoms with van der Waals surface area (Å²) in [5, 5.41) is 13.3. The van der Waals surface area contributed by atoms with E-state index in [0.29, 0.717) is 57.0 Å². The maximum Gasteiger partial charge on any atom is 2.00 e. The van der Waals surface area contributed by atoms with Crippen LogP contribution in [0, 0.1) is 0 Å². The van der Waals surface area contributed by atoms with Crippen molar-refractivity contribution in [3.63, 3.8) is 0 Å². The van der Waals surface area contributed by atoms with Crippen molar-refractivity contribution in [3.05, 3.63) is 95.1 Å². The Morgan fingerprint density at radius 2 is 1.00 bits per heavy atom. The van der Waals surface area contributed by atoms with Gasteiger partial charge in [0.25, 0.3) is 0 Å². The van der Waals surface area contributed by atoms with Crippen LogP contribution in [0.1, 0.15) is 89.4 Å². The van der Waals surface area contributed by atoms with Crippen molar-refractivity contribution in [2.75, 3.05) is 0 Å². The second-order valence-electron chi connectivity index (χ2n) is 17.5. The summed E-state index contributed by atoms with van der Waals surface area (Å²) in [5.41, 5.74) is 7.71. The Hall–Kier alpha value is -5.67. The van der Waals surface area contributed by atoms with Crippen molar-refractivity contribution in [1.82, 2.24) is 39.9 Å². The van der Waals surface area contributed by atoms with Crippen molar-refractivity contribution < 1.29 is 29.4 Å². The summed E-state index contributed by atoms with van der Waals surface area (Å²) < 4.78 is 0. The van der Waals surface area contributed by atoms with Crippen LogP contribution in [-0.4, -0.2) is 41.0 Å². The first-order valence-corrected chi connectivity index (χ1v) is 18.5. The number of fused-ring (bicyclic) bond motifs is 20. The molecule has 0 atom stereocenters. The minimum Gasteiger partial charge on any atom is -0.478 e. The number of carbonyl (C=O) groups is 1. The molecule has 0 aliphatic carbocycles. The zero-order valence-corrected chi connectivity index (χ0v) is 36.0. The Balaban J connectivity index is 0.00000441. The number of aromatic nitrogens is 8. The Morgan fingerprint density at radius 3 is 1.61 bits per heavy atom. The van der Waals surface area contributed by atoms with E-state index in [0.717, 1.165) is 49.4 Å². The molecule has 56 heavy (non-hydrogen) atoms. The molecule has 0 saturated carbocycles. The molecule has 274 valence electrons. The van der Waals surface area contributed by atoms with Crippen molar-refractivity contribution in [1.29, 1.82) is 0 Å². The predicted molar refractivity (Wildman–Crippen MR) is 217 cm³/mol. The van der Waals surface area contributed by atoms with Crippen LogP contribution in [0.3, 0.4) is 0 Å². The predicted octanol–water partition coefficient (Wildman–Crippen LogP) is 9.72. The maximum absolute atomic E-state index is 12.2. The third-order valence-electron chi connectivity index (χ3n) is 10.5. The van der Waals surface area contributed by atoms with Gasteiger partial charge in [-0.15, -0.1) is 0 Å². The summed E-state index contributed by atoms with van der Waals surface area (Å²) in [5.74, 6) is 0.634. The number of benzene rings is 4. The van der Waals surface area contributed by atoms with Crippen molar-refractivity contribution in [2.45, 2.75) is 78.6 Å². The number of hydrogen-bond donors (Lipinski definition) is 1. The van der Waals surface area contributed by atoms with Crippen molar-refractivity contribution in [2.24, 2.45) is 0 Å². The molecule has 2 aliphatic heterocycles. The largest absolute Gasteiger partial charge is 2.00 e. The molecule has 0 amide bonds. The molecule has 7 aromatic rings. The Kier molecular flexibility index (Phi) is 8.44. The van der Waals surface area contributed by atoms with E-state index >= 15 is 0 Å². The molecule has 9 rings (SSSR count). The van der Waals surface area contributed by atoms with Gasteiger partial charge in [-0.2, -0.15) is 0 Å². The Bertz CT molecular complexity index is 2980. The zero-order valence-electron chi connectivity index (χ0n) is 33.1. The van der Waals surface area contributed by atoms with Crippen LogP contribution in [0.2, 0.25) is 0 Å². The number of carboxylic acid groups (broad SMARTS) is 1. The van der Waals surface area contributed by atoms with Crippen LogP contribution in [-0.2, 0) is 35.7 Å². The summed E-state index contributed by atoms with van der Waals surface area (Å²) in [6, 6.07) is 23.6. The minimum atomic E-state index is -1.05. The molecular weight excluding hydrogens is 750 g/mol. The number of nitrogens with zero attached hydrogens (tertiary/aromatic N) is 8. The van der Waals surface area contributed by atoms with Gasteiger partial charge in [0.05, 0.1) is 28.9 Å². The van der Waals surface area contributed by atoms with E-state index < -0.39 is 5.97 Å². The van der Waals surface area contributed by atoms with Gasteiger partial charge in [0.15, 0.2) is 0 Å². The Morgan fingerprint density at radius 1 is 0.500 bits per heavy atom. The molecule has 0 fully saturated rings. The van der Waals surface area contributed by atoms with Gasteiger partial charge in [0, 0.05) is 44.8 Å². The van der Waals surface area contributed by atoms with E-state index in [4.69, 9.17) is 39.9 Å². The van der Waals surface area contributed by atoms with E-state index in [9.17, 15) is 9.90 Å². The van der Waals surface area contributed by atoms with Crippen molar-refractivity contribution in [3.8, 4) is 45.6 Å². The van der Waals surface area contributed by atoms with Crippen LogP contribution < -0.4 is 9.97 Å². The van der Waals surface area contributed by atoms with Gasteiger partial charge in [0.2, 0.25) is 0 Å². The standard InChI is InChI=1S/C45H41N8O2.Zn/c1-43(2,3)23-14-17-26-30(20-23)39-48-35(26)46-34-25-16-13-22(42(54)55)19-29(25)38(47-34)50-37-28-11-10-12-32(45(7,8)9)33(28)41(53-37)52-36-27-18-15-24(44(4,5)6)21-31(27)40(49-36)51-39;/h10-21H,1-9H3,(H2-,46,47,48,49,50,51,52,53,54,55);/q-1;+2/p-1. The van der Waals surface area contributed by atoms with E-state index in [1.54, 1.807) is 18.2 Å². The molecule has 5 heterocycles. The van der Waals surface area contributed by atoms with Crippen LogP contribution in [0.15, 0.2) is 72.8 Å². The molecule has 1 N–H and O–H groups in total. The van der Waals surface area contributed by atoms with Gasteiger partial charge >= 0.3 is 25.4 Å². The molecule has 0 radical (unpaired) electrons. The second kappa shape index (κ2) is 12.7. The third kappa shape index (κ3) is 6.09. The quantitative estimate of drug-likeness (QED) is 0.160. The topological polar surface area (TPSA) is 143 Å². The fourth-order valence-corrected chi connectivity index (χ4v) is 7.40. The number of hydrogen-bond acceptors (Lipinski definition) is 7. The van der Waals surface area contributed by atoms with Crippen LogP contribution in [0.25, 0.3) is 89.7 Å². The number of carboxylic acids is 1. The van der Waals surface area contributed by atoms with Crippen LogP contribution in [0.4, 0.5) is 0 Å². The smallest absolute Gasteiger partial charge is 0.478 e. The van der Waals surface area contributed by atoms with Gasteiger partial charge < -0.3 is 35.0 Å². The first-order chi connectivity index (χ1) is 25.9. The molecule has 3 aromatic heterocycles. The fourth-order valence-electron chi connectivity index (χ4n) is 7.40. The van der Waals surface area contributed by atoms with Gasteiger partial charge in [-0.1, -0.05) is 111 Å². The van der Waals surface area contributed by atoms with Crippen LogP contribution in [0.5, 0.6) is 0 Å². The van der Waals surface area contributed by atoms with E-state index in [1.807, 2.05) is 18.2 Å². The van der Waals surface area contributed by atoms with Gasteiger partial charge in [-0.25, -0.2) is 14.8 Å². The average molecular weight is 790 g/mol. The summed E-state index contributed by atoms with van der Waals surface area (Å²) in [6.07, 6.45) is 0. The van der Waals surface area contributed by atoms with Gasteiger partial charge in [-0.05, 0) is 78.7 Å². The summed E-state index contributed by atoms with van der Waals surface area (Å²) in [7, 11) is 0. The Labute approximate surface area is 337 Å². The van der Waals surface area contributed by atoms with Crippen LogP contribution >= 0.6 is 0 Å². The average Bonchev–Trinajstić information content (AvgIpc) is 3.85. The second-order valence-corrected chi connectivity index (χ2v) is 17.5. The molecule has 10 nitrogen and oxygen atoms in total. The van der Waals surface area contributed by atoms with E-state index in [1.165, 1.54) is 0 Å². The molecule has 0 saturated heterocycles. The third-order valence-corrected chi connectivity index (χ3v) is 10.5. The molecule has 4 aromatic carbocycles. The molecule has 0 unspecified atom stereocenters. The summed E-state index contributed by atoms with van der Waals surface area (Å²) in [6.45, 7) is 19.6. The first kappa shape index (κ1) is 37.3. The molecular formula is C45H40N8O2Zn. The van der Waals surface area contributed by atoms with Crippen molar-refractivity contribution >= 4 is 50.1 Å². The normalized spacial score (nSPS) is 12.7. The zero-order chi connectivity index (χ0) is 38.8. The van der Waals surface area contributed by atoms with Gasteiger partial charge in [0.1, 0.15) is 0 Å². The maximum atomic E-state index is 12.2. The number of aromatic carboxylic acids is 1. The van der Waals surface area contributed by atoms with E-state index in [2.05, 4.69) is 98.7 Å². The fraction of sp³-hybridized carbons (Fsp3) is 0.267. The summed E-state index contributed by atoms with van der Waals surface area (Å²) in [4.78, 5) is 52.9. The van der Waals surface area contributed by atoms with Gasteiger partial charge in [-0.3, -0.25) is 0 Å². The molecule has 8 bridgehead atoms. The summed E-state index contributed by atoms with van der Waals surface area (Å²) >= 11 is 0. The first-order valence-electron chi connectivity index (χ1n) is 18.5. The molecule has 11 heteroatoms.